The van der Waals surface area contributed by atoms with Gasteiger partial charge in [0.25, 0.3) is 11.8 Å². The summed E-state index contributed by atoms with van der Waals surface area (Å²) < 4.78 is 12.6. The maximum Gasteiger partial charge on any atom is 0.407 e. The molecule has 7 rings (SSSR count). The fourth-order valence-electron chi connectivity index (χ4n) is 6.80. The van der Waals surface area contributed by atoms with Crippen molar-refractivity contribution in [1.29, 1.82) is 0 Å². The van der Waals surface area contributed by atoms with Gasteiger partial charge in [-0.25, -0.2) is 9.48 Å². The van der Waals surface area contributed by atoms with Crippen molar-refractivity contribution in [2.75, 3.05) is 18.6 Å². The molecule has 11 heteroatoms. The number of amides is 3. The average Bonchev–Trinajstić information content (AvgIpc) is 3.56. The largest absolute Gasteiger partial charge is 0.504 e. The molecule has 1 aliphatic rings. The molecule has 0 saturated carbocycles. The quantitative estimate of drug-likeness (QED) is 0.164. The Morgan fingerprint density at radius 3 is 2.11 bits per heavy atom. The molecule has 0 spiro atoms. The Hall–Kier alpha value is -6.62. The summed E-state index contributed by atoms with van der Waals surface area (Å²) in [5.41, 5.74) is 3.82. The second kappa shape index (κ2) is 14.8. The highest BCUT2D eigenvalue weighted by atomic mass is 16.6. The van der Waals surface area contributed by atoms with Crippen molar-refractivity contribution in [3.8, 4) is 17.2 Å². The first kappa shape index (κ1) is 35.8. The summed E-state index contributed by atoms with van der Waals surface area (Å²) in [5, 5.41) is 19.4. The number of carbonyl (C=O) groups is 3. The van der Waals surface area contributed by atoms with E-state index in [4.69, 9.17) is 14.6 Å². The third kappa shape index (κ3) is 7.20. The monoisotopic (exact) mass is 723 g/mol. The van der Waals surface area contributed by atoms with Crippen LogP contribution >= 0.6 is 0 Å². The molecule has 0 aliphatic carbocycles. The molecule has 0 unspecified atom stereocenters. The number of fused-ring (bicyclic) bond motifs is 2. The van der Waals surface area contributed by atoms with E-state index in [1.807, 2.05) is 109 Å². The van der Waals surface area contributed by atoms with Gasteiger partial charge in [0, 0.05) is 35.9 Å². The smallest absolute Gasteiger partial charge is 0.407 e. The number of alkyl carbamates (subject to hydrolysis) is 1. The second-order valence-electron chi connectivity index (χ2n) is 14.1. The van der Waals surface area contributed by atoms with Crippen LogP contribution in [0.5, 0.6) is 11.5 Å². The number of benzene rings is 5. The predicted molar refractivity (Wildman–Crippen MR) is 207 cm³/mol. The van der Waals surface area contributed by atoms with Gasteiger partial charge >= 0.3 is 6.09 Å². The molecule has 3 amide bonds. The minimum absolute atomic E-state index is 0.122. The van der Waals surface area contributed by atoms with Gasteiger partial charge in [0.1, 0.15) is 5.60 Å². The van der Waals surface area contributed by atoms with Crippen molar-refractivity contribution >= 4 is 40.2 Å². The molecule has 0 bridgehead atoms. The standard InChI is InChI=1S/C43H41N5O6/c1-43(2,3)54-42(52)44-26-32-23-28-15-11-12-16-29(28)27-46(32)40(50)34-24-37(49)38(53-4)25-36(34)48-35-22-14-13-21-33(35)39(45-48)41(51)47(30-17-7-5-8-18-30)31-19-9-6-10-20-31/h5-22,24-25,32,49H,23,26-27H2,1-4H3,(H,44,52)/t32-/m0/s1. The number of carbonyl (C=O) groups excluding carboxylic acids is 3. The third-order valence-electron chi connectivity index (χ3n) is 9.27. The number of aromatic hydroxyl groups is 1. The first-order chi connectivity index (χ1) is 26.0. The van der Waals surface area contributed by atoms with Crippen molar-refractivity contribution in [3.05, 3.63) is 144 Å². The summed E-state index contributed by atoms with van der Waals surface area (Å²) in [5.74, 6) is -0.896. The van der Waals surface area contributed by atoms with Gasteiger partial charge < -0.3 is 24.8 Å². The van der Waals surface area contributed by atoms with E-state index in [1.54, 1.807) is 41.3 Å². The van der Waals surface area contributed by atoms with Crippen molar-refractivity contribution in [2.45, 2.75) is 45.4 Å². The van der Waals surface area contributed by atoms with Crippen LogP contribution in [0.2, 0.25) is 0 Å². The highest BCUT2D eigenvalue weighted by molar-refractivity contribution is 6.16. The number of methoxy groups -OCH3 is 1. The summed E-state index contributed by atoms with van der Waals surface area (Å²) in [4.78, 5) is 45.6. The van der Waals surface area contributed by atoms with E-state index in [-0.39, 0.29) is 41.8 Å². The Morgan fingerprint density at radius 2 is 1.46 bits per heavy atom. The van der Waals surface area contributed by atoms with E-state index in [9.17, 15) is 19.5 Å². The van der Waals surface area contributed by atoms with Gasteiger partial charge in [-0.2, -0.15) is 5.10 Å². The van der Waals surface area contributed by atoms with E-state index < -0.39 is 23.6 Å². The number of nitrogens with zero attached hydrogens (tertiary/aromatic N) is 4. The van der Waals surface area contributed by atoms with Gasteiger partial charge in [0.05, 0.1) is 29.9 Å². The molecule has 1 atom stereocenters. The van der Waals surface area contributed by atoms with Crippen molar-refractivity contribution in [3.63, 3.8) is 0 Å². The van der Waals surface area contributed by atoms with Crippen LogP contribution in [0, 0.1) is 0 Å². The third-order valence-corrected chi connectivity index (χ3v) is 9.27. The summed E-state index contributed by atoms with van der Waals surface area (Å²) in [7, 11) is 1.42. The number of ether oxygens (including phenoxy) is 2. The first-order valence-electron chi connectivity index (χ1n) is 17.7. The maximum absolute atomic E-state index is 14.9. The van der Waals surface area contributed by atoms with Crippen LogP contribution in [0.4, 0.5) is 16.2 Å². The number of phenolic OH excluding ortho intramolecular Hbond substituents is 1. The number of nitrogens with one attached hydrogen (secondary N) is 1. The Bertz CT molecular complexity index is 2290. The van der Waals surface area contributed by atoms with Crippen LogP contribution in [0.15, 0.2) is 121 Å². The molecule has 2 N–H and O–H groups in total. The van der Waals surface area contributed by atoms with Gasteiger partial charge in [-0.3, -0.25) is 14.5 Å². The Balaban J connectivity index is 1.34. The summed E-state index contributed by atoms with van der Waals surface area (Å²) >= 11 is 0. The zero-order valence-corrected chi connectivity index (χ0v) is 30.5. The van der Waals surface area contributed by atoms with Gasteiger partial charge in [-0.15, -0.1) is 0 Å². The van der Waals surface area contributed by atoms with E-state index in [0.29, 0.717) is 34.4 Å². The van der Waals surface area contributed by atoms with Gasteiger partial charge in [0.2, 0.25) is 0 Å². The van der Waals surface area contributed by atoms with E-state index >= 15 is 0 Å². The average molecular weight is 724 g/mol. The molecule has 0 fully saturated rings. The topological polar surface area (TPSA) is 126 Å². The summed E-state index contributed by atoms with van der Waals surface area (Å²) in [6.07, 6.45) is -0.107. The van der Waals surface area contributed by atoms with Crippen molar-refractivity contribution < 1.29 is 29.0 Å². The fourth-order valence-corrected chi connectivity index (χ4v) is 6.80. The van der Waals surface area contributed by atoms with E-state index in [1.165, 1.54) is 13.2 Å². The summed E-state index contributed by atoms with van der Waals surface area (Å²) in [6.45, 7) is 5.75. The zero-order chi connectivity index (χ0) is 38.0. The molecule has 1 aromatic heterocycles. The normalized spacial score (nSPS) is 13.9. The van der Waals surface area contributed by atoms with E-state index in [0.717, 1.165) is 11.1 Å². The zero-order valence-electron chi connectivity index (χ0n) is 30.5. The molecule has 1 aliphatic heterocycles. The Kier molecular flexibility index (Phi) is 9.79. The number of hydrogen-bond acceptors (Lipinski definition) is 7. The number of aromatic nitrogens is 2. The van der Waals surface area contributed by atoms with Crippen LogP contribution in [0.3, 0.4) is 0 Å². The van der Waals surface area contributed by atoms with Crippen LogP contribution in [-0.4, -0.2) is 63.0 Å². The lowest BCUT2D eigenvalue weighted by Crippen LogP contribution is -2.50. The molecule has 0 radical (unpaired) electrons. The van der Waals surface area contributed by atoms with Crippen LogP contribution < -0.4 is 15.0 Å². The number of anilines is 2. The lowest BCUT2D eigenvalue weighted by atomic mass is 9.93. The SMILES string of the molecule is COc1cc(-n2nc(C(=O)N(c3ccccc3)c3ccccc3)c3ccccc32)c(C(=O)N2Cc3ccccc3C[C@H]2CNC(=O)OC(C)(C)C)cc1O. The van der Waals surface area contributed by atoms with Crippen LogP contribution in [0.25, 0.3) is 16.6 Å². The molecule has 0 saturated heterocycles. The maximum atomic E-state index is 14.9. The van der Waals surface area contributed by atoms with Crippen LogP contribution in [0.1, 0.15) is 52.7 Å². The van der Waals surface area contributed by atoms with E-state index in [2.05, 4.69) is 5.32 Å². The number of hydrogen-bond donors (Lipinski definition) is 2. The lowest BCUT2D eigenvalue weighted by Gasteiger charge is -2.37. The number of para-hydroxylation sites is 3. The van der Waals surface area contributed by atoms with Crippen molar-refractivity contribution in [1.82, 2.24) is 20.0 Å². The molecule has 274 valence electrons. The molecule has 54 heavy (non-hydrogen) atoms. The molecule has 6 aromatic rings. The Labute approximate surface area is 313 Å². The first-order valence-corrected chi connectivity index (χ1v) is 17.7. The molecular weight excluding hydrogens is 683 g/mol. The lowest BCUT2D eigenvalue weighted by molar-refractivity contribution is 0.0474. The highest BCUT2D eigenvalue weighted by Gasteiger charge is 2.34. The minimum atomic E-state index is -0.694. The summed E-state index contributed by atoms with van der Waals surface area (Å²) in [6, 6.07) is 36.3. The number of phenols is 1. The second-order valence-corrected chi connectivity index (χ2v) is 14.1. The fraction of sp³-hybridized carbons (Fsp3) is 0.209. The van der Waals surface area contributed by atoms with Crippen molar-refractivity contribution in [2.24, 2.45) is 0 Å². The molecule has 11 nitrogen and oxygen atoms in total. The highest BCUT2D eigenvalue weighted by Crippen LogP contribution is 2.37. The molecular formula is C43H41N5O6. The van der Waals surface area contributed by atoms with Gasteiger partial charge in [-0.05, 0) is 74.7 Å². The van der Waals surface area contributed by atoms with Crippen LogP contribution in [-0.2, 0) is 17.7 Å². The minimum Gasteiger partial charge on any atom is -0.504 e. The number of rotatable bonds is 8. The molecule has 2 heterocycles. The van der Waals surface area contributed by atoms with Gasteiger partial charge in [0.15, 0.2) is 17.2 Å². The van der Waals surface area contributed by atoms with Gasteiger partial charge in [-0.1, -0.05) is 78.9 Å². The predicted octanol–water partition coefficient (Wildman–Crippen LogP) is 7.81. The molecule has 5 aromatic carbocycles. The Morgan fingerprint density at radius 1 is 0.852 bits per heavy atom.